The van der Waals surface area contributed by atoms with Gasteiger partial charge >= 0.3 is 0 Å². The van der Waals surface area contributed by atoms with E-state index in [2.05, 4.69) is 16.9 Å². The maximum atomic E-state index is 12.9. The highest BCUT2D eigenvalue weighted by molar-refractivity contribution is 6.00. The molecule has 3 aromatic rings. The fourth-order valence-electron chi connectivity index (χ4n) is 2.79. The molecule has 0 saturated heterocycles. The summed E-state index contributed by atoms with van der Waals surface area (Å²) in [6.07, 6.45) is 4.03. The molecule has 1 amide bonds. The molecule has 7 heteroatoms. The first-order valence-corrected chi connectivity index (χ1v) is 8.11. The van der Waals surface area contributed by atoms with Crippen molar-refractivity contribution in [2.24, 2.45) is 0 Å². The number of hydrogen-bond donors (Lipinski definition) is 2. The van der Waals surface area contributed by atoms with E-state index in [0.29, 0.717) is 35.6 Å². The Labute approximate surface area is 144 Å². The van der Waals surface area contributed by atoms with Gasteiger partial charge in [0.05, 0.1) is 6.54 Å². The molecule has 0 aliphatic carbocycles. The zero-order valence-electron chi connectivity index (χ0n) is 14.0. The van der Waals surface area contributed by atoms with Gasteiger partial charge in [0.2, 0.25) is 11.5 Å². The minimum atomic E-state index is -0.346. The monoisotopic (exact) mass is 338 g/mol. The number of nitrogen functional groups attached to an aromatic ring is 1. The first-order chi connectivity index (χ1) is 12.1. The van der Waals surface area contributed by atoms with Crippen molar-refractivity contribution in [2.45, 2.75) is 19.9 Å². The van der Waals surface area contributed by atoms with E-state index in [1.54, 1.807) is 29.0 Å². The molecule has 128 valence electrons. The Morgan fingerprint density at radius 3 is 3.00 bits per heavy atom. The van der Waals surface area contributed by atoms with Gasteiger partial charge in [0, 0.05) is 12.7 Å². The van der Waals surface area contributed by atoms with E-state index < -0.39 is 0 Å². The number of amides is 1. The van der Waals surface area contributed by atoms with E-state index >= 15 is 0 Å². The van der Waals surface area contributed by atoms with Crippen LogP contribution < -0.4 is 21.2 Å². The van der Waals surface area contributed by atoms with Crippen molar-refractivity contribution >= 4 is 28.4 Å². The first kappa shape index (κ1) is 16.6. The maximum absolute atomic E-state index is 12.9. The number of fused-ring (bicyclic) bond motifs is 2. The van der Waals surface area contributed by atoms with Crippen LogP contribution in [0, 0.1) is 0 Å². The summed E-state index contributed by atoms with van der Waals surface area (Å²) in [5.74, 6) is -0.0511. The Morgan fingerprint density at radius 1 is 1.48 bits per heavy atom. The van der Waals surface area contributed by atoms with Gasteiger partial charge in [-0.25, -0.2) is 4.57 Å². The van der Waals surface area contributed by atoms with Crippen LogP contribution in [0.1, 0.15) is 23.7 Å². The van der Waals surface area contributed by atoms with E-state index in [-0.39, 0.29) is 17.0 Å². The predicted octanol–water partition coefficient (Wildman–Crippen LogP) is 1.04. The van der Waals surface area contributed by atoms with Crippen LogP contribution in [0.5, 0.6) is 0 Å². The lowest BCUT2D eigenvalue weighted by molar-refractivity contribution is -0.658. The van der Waals surface area contributed by atoms with Crippen LogP contribution in [0.4, 0.5) is 5.82 Å². The molecule has 0 unspecified atom stereocenters. The van der Waals surface area contributed by atoms with Crippen molar-refractivity contribution in [2.75, 3.05) is 12.3 Å². The lowest BCUT2D eigenvalue weighted by atomic mass is 10.1. The molecule has 3 N–H and O–H groups in total. The molecular formula is C18H20N5O2+. The summed E-state index contributed by atoms with van der Waals surface area (Å²) in [6, 6.07) is 6.86. The zero-order chi connectivity index (χ0) is 18.0. The number of anilines is 1. The molecule has 0 saturated carbocycles. The standard InChI is InChI=1S/C18H19N5O2/c1-3-8-20-17(24)12-11-13-16(23(9-4-2)15(12)19)21-14-7-5-6-10-22(14)18(13)25/h3,5-7,10-11,19H,1,4,8-9H2,2H3,(H,20,24)/p+1. The fraction of sp³-hybridized carbons (Fsp3) is 0.222. The number of aromatic nitrogens is 3. The Morgan fingerprint density at radius 2 is 2.28 bits per heavy atom. The van der Waals surface area contributed by atoms with Crippen molar-refractivity contribution < 1.29 is 9.36 Å². The van der Waals surface area contributed by atoms with Crippen LogP contribution in [0.3, 0.4) is 0 Å². The first-order valence-electron chi connectivity index (χ1n) is 8.11. The highest BCUT2D eigenvalue weighted by atomic mass is 16.1. The number of pyridine rings is 2. The van der Waals surface area contributed by atoms with Gasteiger partial charge < -0.3 is 11.1 Å². The molecule has 0 spiro atoms. The van der Waals surface area contributed by atoms with Crippen molar-refractivity contribution in [1.82, 2.24) is 14.7 Å². The smallest absolute Gasteiger partial charge is 0.278 e. The van der Waals surface area contributed by atoms with E-state index in [9.17, 15) is 9.59 Å². The highest BCUT2D eigenvalue weighted by Gasteiger charge is 2.23. The van der Waals surface area contributed by atoms with E-state index in [1.807, 2.05) is 13.0 Å². The van der Waals surface area contributed by atoms with E-state index in [0.717, 1.165) is 6.42 Å². The molecule has 3 aromatic heterocycles. The highest BCUT2D eigenvalue weighted by Crippen LogP contribution is 2.14. The summed E-state index contributed by atoms with van der Waals surface area (Å²) in [5.41, 5.74) is 7.28. The number of aryl methyl sites for hydroxylation is 1. The summed E-state index contributed by atoms with van der Waals surface area (Å²) in [4.78, 5) is 29.9. The molecular weight excluding hydrogens is 318 g/mol. The number of hydrogen-bond acceptors (Lipinski definition) is 4. The fourth-order valence-corrected chi connectivity index (χ4v) is 2.79. The van der Waals surface area contributed by atoms with Gasteiger partial charge in [-0.05, 0) is 24.6 Å². The lowest BCUT2D eigenvalue weighted by Crippen LogP contribution is -2.42. The Balaban J connectivity index is 2.36. The molecule has 3 rings (SSSR count). The number of carbonyl (C=O) groups excluding carboxylic acids is 1. The summed E-state index contributed by atoms with van der Waals surface area (Å²) < 4.78 is 3.19. The van der Waals surface area contributed by atoms with Crippen LogP contribution in [0.2, 0.25) is 0 Å². The third-order valence-corrected chi connectivity index (χ3v) is 3.96. The minimum Gasteiger partial charge on any atom is -0.348 e. The van der Waals surface area contributed by atoms with E-state index in [4.69, 9.17) is 5.73 Å². The molecule has 7 nitrogen and oxygen atoms in total. The normalized spacial score (nSPS) is 10.9. The Hall–Kier alpha value is -3.22. The van der Waals surface area contributed by atoms with Gasteiger partial charge in [0.25, 0.3) is 17.1 Å². The summed E-state index contributed by atoms with van der Waals surface area (Å²) in [6.45, 7) is 6.45. The van der Waals surface area contributed by atoms with Crippen LogP contribution in [0.25, 0.3) is 16.7 Å². The van der Waals surface area contributed by atoms with Crippen LogP contribution in [-0.2, 0) is 6.54 Å². The SMILES string of the molecule is C=CCNC(=O)c1cc2c(=O)n3ccccc3nc2[n+](CCC)c1N. The van der Waals surface area contributed by atoms with Crippen LogP contribution in [0.15, 0.2) is 47.9 Å². The topological polar surface area (TPSA) is 93.4 Å². The second kappa shape index (κ2) is 6.72. The lowest BCUT2D eigenvalue weighted by Gasteiger charge is -2.11. The second-order valence-corrected chi connectivity index (χ2v) is 5.68. The number of nitrogens with two attached hydrogens (primary N) is 1. The molecule has 3 heterocycles. The molecule has 0 fully saturated rings. The number of rotatable bonds is 5. The van der Waals surface area contributed by atoms with Crippen molar-refractivity contribution in [3.05, 3.63) is 59.0 Å². The molecule has 0 aromatic carbocycles. The van der Waals surface area contributed by atoms with Gasteiger partial charge in [0.1, 0.15) is 10.9 Å². The third kappa shape index (κ3) is 2.84. The van der Waals surface area contributed by atoms with Gasteiger partial charge in [-0.3, -0.25) is 14.0 Å². The number of nitrogens with zero attached hydrogens (tertiary/aromatic N) is 3. The zero-order valence-corrected chi connectivity index (χ0v) is 14.0. The average molecular weight is 338 g/mol. The molecule has 0 aliphatic rings. The molecule has 0 bridgehead atoms. The van der Waals surface area contributed by atoms with Crippen molar-refractivity contribution in [3.8, 4) is 0 Å². The van der Waals surface area contributed by atoms with Gasteiger partial charge in [0.15, 0.2) is 0 Å². The Bertz CT molecular complexity index is 1040. The second-order valence-electron chi connectivity index (χ2n) is 5.68. The number of carbonyl (C=O) groups is 1. The summed E-state index contributed by atoms with van der Waals surface area (Å²) in [7, 11) is 0. The molecule has 0 aliphatic heterocycles. The summed E-state index contributed by atoms with van der Waals surface area (Å²) in [5, 5.41) is 3.06. The van der Waals surface area contributed by atoms with Crippen LogP contribution in [-0.4, -0.2) is 21.8 Å². The van der Waals surface area contributed by atoms with E-state index in [1.165, 1.54) is 10.5 Å². The van der Waals surface area contributed by atoms with Crippen molar-refractivity contribution in [3.63, 3.8) is 0 Å². The third-order valence-electron chi connectivity index (χ3n) is 3.96. The number of nitrogens with one attached hydrogen (secondary N) is 1. The predicted molar refractivity (Wildman–Crippen MR) is 96.4 cm³/mol. The van der Waals surface area contributed by atoms with Gasteiger partial charge in [-0.15, -0.1) is 6.58 Å². The quantitative estimate of drug-likeness (QED) is 0.413. The maximum Gasteiger partial charge on any atom is 0.278 e. The van der Waals surface area contributed by atoms with Crippen molar-refractivity contribution in [1.29, 1.82) is 0 Å². The summed E-state index contributed by atoms with van der Waals surface area (Å²) >= 11 is 0. The molecule has 0 atom stereocenters. The average Bonchev–Trinajstić information content (AvgIpc) is 2.62. The Kier molecular flexibility index (Phi) is 4.47. The largest absolute Gasteiger partial charge is 0.348 e. The van der Waals surface area contributed by atoms with Gasteiger partial charge in [-0.1, -0.05) is 24.1 Å². The van der Waals surface area contributed by atoms with Gasteiger partial charge in [-0.2, -0.15) is 0 Å². The molecule has 0 radical (unpaired) electrons. The minimum absolute atomic E-state index is 0.233. The van der Waals surface area contributed by atoms with Crippen LogP contribution >= 0.6 is 0 Å². The molecule has 25 heavy (non-hydrogen) atoms.